The third kappa shape index (κ3) is 2.39. The SMILES string of the molecule is CC1=CCCN(Cc2cscn2)C1. The van der Waals surface area contributed by atoms with Gasteiger partial charge in [0.25, 0.3) is 0 Å². The highest BCUT2D eigenvalue weighted by atomic mass is 32.1. The Bertz CT molecular complexity index is 290. The van der Waals surface area contributed by atoms with E-state index in [1.165, 1.54) is 24.2 Å². The molecule has 0 bridgehead atoms. The van der Waals surface area contributed by atoms with Gasteiger partial charge in [-0.2, -0.15) is 0 Å². The first-order valence-electron chi connectivity index (χ1n) is 4.59. The minimum atomic E-state index is 1.01. The second kappa shape index (κ2) is 4.03. The fraction of sp³-hybridized carbons (Fsp3) is 0.500. The second-order valence-corrected chi connectivity index (χ2v) is 4.25. The number of rotatable bonds is 2. The quantitative estimate of drug-likeness (QED) is 0.672. The normalized spacial score (nSPS) is 18.7. The van der Waals surface area contributed by atoms with Gasteiger partial charge in [0.1, 0.15) is 0 Å². The molecule has 0 atom stereocenters. The van der Waals surface area contributed by atoms with Gasteiger partial charge in [-0.1, -0.05) is 11.6 Å². The molecule has 0 aliphatic carbocycles. The summed E-state index contributed by atoms with van der Waals surface area (Å²) < 4.78 is 0. The summed E-state index contributed by atoms with van der Waals surface area (Å²) in [7, 11) is 0. The molecular formula is C10H14N2S. The average Bonchev–Trinajstić information content (AvgIpc) is 2.57. The van der Waals surface area contributed by atoms with Crippen LogP contribution in [0, 0.1) is 0 Å². The third-order valence-corrected chi connectivity index (χ3v) is 2.92. The highest BCUT2D eigenvalue weighted by Gasteiger charge is 2.10. The number of hydrogen-bond donors (Lipinski definition) is 0. The molecule has 1 aliphatic heterocycles. The Kier molecular flexibility index (Phi) is 2.76. The van der Waals surface area contributed by atoms with Gasteiger partial charge >= 0.3 is 0 Å². The smallest absolute Gasteiger partial charge is 0.0795 e. The minimum absolute atomic E-state index is 1.01. The maximum absolute atomic E-state index is 4.29. The van der Waals surface area contributed by atoms with Crippen LogP contribution in [0.15, 0.2) is 22.5 Å². The van der Waals surface area contributed by atoms with Crippen LogP contribution in [0.4, 0.5) is 0 Å². The lowest BCUT2D eigenvalue weighted by molar-refractivity contribution is 0.279. The van der Waals surface area contributed by atoms with Gasteiger partial charge < -0.3 is 0 Å². The van der Waals surface area contributed by atoms with Gasteiger partial charge in [0, 0.05) is 25.0 Å². The summed E-state index contributed by atoms with van der Waals surface area (Å²) in [4.78, 5) is 6.74. The molecule has 0 radical (unpaired) electrons. The summed E-state index contributed by atoms with van der Waals surface area (Å²) in [5.41, 5.74) is 4.60. The van der Waals surface area contributed by atoms with Crippen LogP contribution in [0.3, 0.4) is 0 Å². The van der Waals surface area contributed by atoms with E-state index in [0.29, 0.717) is 0 Å². The van der Waals surface area contributed by atoms with Gasteiger partial charge in [-0.15, -0.1) is 11.3 Å². The largest absolute Gasteiger partial charge is 0.293 e. The molecule has 0 amide bonds. The first kappa shape index (κ1) is 8.91. The van der Waals surface area contributed by atoms with Crippen LogP contribution in [0.1, 0.15) is 19.0 Å². The van der Waals surface area contributed by atoms with Crippen molar-refractivity contribution in [1.82, 2.24) is 9.88 Å². The number of aromatic nitrogens is 1. The van der Waals surface area contributed by atoms with Gasteiger partial charge in [0.15, 0.2) is 0 Å². The molecule has 2 heterocycles. The Labute approximate surface area is 82.9 Å². The molecular weight excluding hydrogens is 180 g/mol. The monoisotopic (exact) mass is 194 g/mol. The third-order valence-electron chi connectivity index (χ3n) is 2.28. The van der Waals surface area contributed by atoms with Crippen LogP contribution >= 0.6 is 11.3 Å². The molecule has 0 unspecified atom stereocenters. The lowest BCUT2D eigenvalue weighted by atomic mass is 10.1. The van der Waals surface area contributed by atoms with Gasteiger partial charge in [-0.3, -0.25) is 4.90 Å². The van der Waals surface area contributed by atoms with E-state index in [1.54, 1.807) is 11.3 Å². The molecule has 0 N–H and O–H groups in total. The summed E-state index contributed by atoms with van der Waals surface area (Å²) in [6, 6.07) is 0. The van der Waals surface area contributed by atoms with Crippen molar-refractivity contribution in [1.29, 1.82) is 0 Å². The van der Waals surface area contributed by atoms with Gasteiger partial charge in [-0.05, 0) is 13.3 Å². The van der Waals surface area contributed by atoms with Crippen molar-refractivity contribution in [2.45, 2.75) is 19.9 Å². The van der Waals surface area contributed by atoms with Gasteiger partial charge in [0.2, 0.25) is 0 Å². The summed E-state index contributed by atoms with van der Waals surface area (Å²) in [6.45, 7) is 5.49. The fourth-order valence-corrected chi connectivity index (χ4v) is 2.22. The van der Waals surface area contributed by atoms with Crippen LogP contribution in [0.25, 0.3) is 0 Å². The summed E-state index contributed by atoms with van der Waals surface area (Å²) in [5, 5.41) is 2.13. The van der Waals surface area contributed by atoms with Crippen molar-refractivity contribution in [3.63, 3.8) is 0 Å². The molecule has 0 saturated carbocycles. The van der Waals surface area contributed by atoms with E-state index >= 15 is 0 Å². The topological polar surface area (TPSA) is 16.1 Å². The fourth-order valence-electron chi connectivity index (χ4n) is 1.67. The Morgan fingerprint density at radius 2 is 2.54 bits per heavy atom. The standard InChI is InChI=1S/C10H14N2S/c1-9-3-2-4-12(5-9)6-10-7-13-8-11-10/h3,7-8H,2,4-6H2,1H3. The highest BCUT2D eigenvalue weighted by molar-refractivity contribution is 7.07. The molecule has 70 valence electrons. The first-order chi connectivity index (χ1) is 6.34. The number of thiazole rings is 1. The molecule has 2 nitrogen and oxygen atoms in total. The van der Waals surface area contributed by atoms with Gasteiger partial charge in [-0.25, -0.2) is 4.98 Å². The van der Waals surface area contributed by atoms with E-state index in [1.807, 2.05) is 5.51 Å². The molecule has 0 spiro atoms. The minimum Gasteiger partial charge on any atom is -0.293 e. The van der Waals surface area contributed by atoms with Crippen molar-refractivity contribution in [2.24, 2.45) is 0 Å². The molecule has 0 fully saturated rings. The van der Waals surface area contributed by atoms with E-state index in [9.17, 15) is 0 Å². The average molecular weight is 194 g/mol. The molecule has 0 saturated heterocycles. The summed E-state index contributed by atoms with van der Waals surface area (Å²) in [6.07, 6.45) is 3.52. The maximum Gasteiger partial charge on any atom is 0.0795 e. The van der Waals surface area contributed by atoms with Crippen molar-refractivity contribution >= 4 is 11.3 Å². The van der Waals surface area contributed by atoms with E-state index in [4.69, 9.17) is 0 Å². The molecule has 1 aromatic heterocycles. The number of hydrogen-bond acceptors (Lipinski definition) is 3. The Balaban J connectivity index is 1.93. The van der Waals surface area contributed by atoms with Crippen LogP contribution in [-0.2, 0) is 6.54 Å². The van der Waals surface area contributed by atoms with Crippen molar-refractivity contribution in [3.8, 4) is 0 Å². The zero-order valence-electron chi connectivity index (χ0n) is 7.86. The zero-order valence-corrected chi connectivity index (χ0v) is 8.68. The van der Waals surface area contributed by atoms with E-state index in [2.05, 4.69) is 28.3 Å². The van der Waals surface area contributed by atoms with Crippen LogP contribution < -0.4 is 0 Å². The Morgan fingerprint density at radius 3 is 3.23 bits per heavy atom. The van der Waals surface area contributed by atoms with E-state index in [0.717, 1.165) is 13.1 Å². The predicted octanol–water partition coefficient (Wildman–Crippen LogP) is 2.30. The summed E-state index contributed by atoms with van der Waals surface area (Å²) >= 11 is 1.68. The lowest BCUT2D eigenvalue weighted by Gasteiger charge is -2.24. The lowest BCUT2D eigenvalue weighted by Crippen LogP contribution is -2.28. The maximum atomic E-state index is 4.29. The van der Waals surface area contributed by atoms with Crippen molar-refractivity contribution in [3.05, 3.63) is 28.2 Å². The Hall–Kier alpha value is -0.670. The number of nitrogens with zero attached hydrogens (tertiary/aromatic N) is 2. The van der Waals surface area contributed by atoms with Gasteiger partial charge in [0.05, 0.1) is 11.2 Å². The molecule has 3 heteroatoms. The van der Waals surface area contributed by atoms with Crippen molar-refractivity contribution < 1.29 is 0 Å². The molecule has 0 aromatic carbocycles. The molecule has 1 aromatic rings. The first-order valence-corrected chi connectivity index (χ1v) is 5.54. The molecule has 13 heavy (non-hydrogen) atoms. The zero-order chi connectivity index (χ0) is 9.10. The van der Waals surface area contributed by atoms with Crippen LogP contribution in [0.5, 0.6) is 0 Å². The van der Waals surface area contributed by atoms with Crippen LogP contribution in [-0.4, -0.2) is 23.0 Å². The second-order valence-electron chi connectivity index (χ2n) is 3.53. The van der Waals surface area contributed by atoms with E-state index < -0.39 is 0 Å². The Morgan fingerprint density at radius 1 is 1.62 bits per heavy atom. The highest BCUT2D eigenvalue weighted by Crippen LogP contribution is 2.12. The van der Waals surface area contributed by atoms with Crippen molar-refractivity contribution in [2.75, 3.05) is 13.1 Å². The predicted molar refractivity (Wildman–Crippen MR) is 55.8 cm³/mol. The van der Waals surface area contributed by atoms with Crippen LogP contribution in [0.2, 0.25) is 0 Å². The molecule has 1 aliphatic rings. The van der Waals surface area contributed by atoms with E-state index in [-0.39, 0.29) is 0 Å². The summed E-state index contributed by atoms with van der Waals surface area (Å²) in [5.74, 6) is 0. The molecule has 2 rings (SSSR count).